The quantitative estimate of drug-likeness (QED) is 0.701. The molecule has 8 heteroatoms. The van der Waals surface area contributed by atoms with Gasteiger partial charge in [0.1, 0.15) is 12.1 Å². The molecular formula is C19H28N4O4. The fourth-order valence-corrected chi connectivity index (χ4v) is 4.07. The second kappa shape index (κ2) is 8.54. The summed E-state index contributed by atoms with van der Waals surface area (Å²) >= 11 is 0. The molecule has 3 N–H and O–H groups in total. The molecule has 2 aliphatic carbocycles. The minimum absolute atomic E-state index is 0.0495. The Morgan fingerprint density at radius 1 is 1.11 bits per heavy atom. The van der Waals surface area contributed by atoms with E-state index >= 15 is 0 Å². The van der Waals surface area contributed by atoms with Crippen molar-refractivity contribution in [2.45, 2.75) is 82.3 Å². The molecule has 1 aromatic heterocycles. The smallest absolute Gasteiger partial charge is 0.329 e. The van der Waals surface area contributed by atoms with E-state index in [1.807, 2.05) is 0 Å². The second-order valence-electron chi connectivity index (χ2n) is 7.73. The molecule has 0 spiro atoms. The van der Waals surface area contributed by atoms with Crippen molar-refractivity contribution in [2.75, 3.05) is 0 Å². The maximum Gasteiger partial charge on any atom is 0.329 e. The van der Waals surface area contributed by atoms with Crippen molar-refractivity contribution in [2.24, 2.45) is 0 Å². The number of carboxylic acids is 1. The first-order chi connectivity index (χ1) is 13.0. The van der Waals surface area contributed by atoms with Gasteiger partial charge >= 0.3 is 5.97 Å². The molecule has 3 rings (SSSR count). The zero-order chi connectivity index (χ0) is 19.3. The monoisotopic (exact) mass is 376 g/mol. The number of nitrogens with one attached hydrogen (secondary N) is 2. The van der Waals surface area contributed by atoms with Crippen LogP contribution in [0.15, 0.2) is 12.4 Å². The Kier molecular flexibility index (Phi) is 6.13. The van der Waals surface area contributed by atoms with Crippen LogP contribution < -0.4 is 10.6 Å². The summed E-state index contributed by atoms with van der Waals surface area (Å²) in [5, 5.41) is 19.4. The number of carboxylic acid groups (broad SMARTS) is 1. The van der Waals surface area contributed by atoms with Gasteiger partial charge in [-0.2, -0.15) is 5.10 Å². The molecule has 2 amide bonds. The molecule has 0 unspecified atom stereocenters. The first-order valence-electron chi connectivity index (χ1n) is 9.86. The van der Waals surface area contributed by atoms with E-state index in [2.05, 4.69) is 15.7 Å². The first-order valence-corrected chi connectivity index (χ1v) is 9.86. The Balaban J connectivity index is 1.56. The zero-order valence-electron chi connectivity index (χ0n) is 15.6. The summed E-state index contributed by atoms with van der Waals surface area (Å²) in [6.07, 6.45) is 11.8. The predicted octanol–water partition coefficient (Wildman–Crippen LogP) is 1.85. The van der Waals surface area contributed by atoms with E-state index in [0.717, 1.165) is 44.9 Å². The molecule has 0 aromatic carbocycles. The van der Waals surface area contributed by atoms with Crippen LogP contribution in [0.4, 0.5) is 0 Å². The van der Waals surface area contributed by atoms with Crippen molar-refractivity contribution in [3.05, 3.63) is 18.0 Å². The third-order valence-corrected chi connectivity index (χ3v) is 5.64. The van der Waals surface area contributed by atoms with Gasteiger partial charge in [-0.1, -0.05) is 38.5 Å². The average Bonchev–Trinajstić information content (AvgIpc) is 3.11. The fourth-order valence-electron chi connectivity index (χ4n) is 4.07. The molecule has 1 aromatic rings. The molecule has 2 saturated carbocycles. The van der Waals surface area contributed by atoms with Crippen LogP contribution in [0.2, 0.25) is 0 Å². The molecule has 2 aliphatic rings. The van der Waals surface area contributed by atoms with Gasteiger partial charge in [-0.3, -0.25) is 14.3 Å². The van der Waals surface area contributed by atoms with Crippen molar-refractivity contribution in [3.8, 4) is 0 Å². The molecule has 0 bridgehead atoms. The summed E-state index contributed by atoms with van der Waals surface area (Å²) in [4.78, 5) is 36.4. The van der Waals surface area contributed by atoms with Crippen LogP contribution in [0.25, 0.3) is 0 Å². The van der Waals surface area contributed by atoms with Gasteiger partial charge in [0.25, 0.3) is 5.91 Å². The second-order valence-corrected chi connectivity index (χ2v) is 7.73. The van der Waals surface area contributed by atoms with Crippen LogP contribution >= 0.6 is 0 Å². The van der Waals surface area contributed by atoms with Crippen molar-refractivity contribution in [3.63, 3.8) is 0 Å². The highest BCUT2D eigenvalue weighted by atomic mass is 16.4. The Bertz CT molecular complexity index is 688. The van der Waals surface area contributed by atoms with Crippen LogP contribution in [-0.4, -0.2) is 44.3 Å². The van der Waals surface area contributed by atoms with E-state index in [-0.39, 0.29) is 24.1 Å². The lowest BCUT2D eigenvalue weighted by atomic mass is 9.81. The summed E-state index contributed by atoms with van der Waals surface area (Å²) in [5.41, 5.74) is -0.929. The number of carbonyl (C=O) groups excluding carboxylic acids is 2. The predicted molar refractivity (Wildman–Crippen MR) is 98.2 cm³/mol. The zero-order valence-corrected chi connectivity index (χ0v) is 15.6. The van der Waals surface area contributed by atoms with Crippen LogP contribution in [0.5, 0.6) is 0 Å². The van der Waals surface area contributed by atoms with Gasteiger partial charge in [-0.15, -0.1) is 0 Å². The largest absolute Gasteiger partial charge is 0.480 e. The highest BCUT2D eigenvalue weighted by Gasteiger charge is 2.41. The van der Waals surface area contributed by atoms with Crippen molar-refractivity contribution in [1.29, 1.82) is 0 Å². The number of aromatic nitrogens is 2. The third kappa shape index (κ3) is 4.87. The van der Waals surface area contributed by atoms with Gasteiger partial charge < -0.3 is 15.7 Å². The Morgan fingerprint density at radius 2 is 1.78 bits per heavy atom. The van der Waals surface area contributed by atoms with E-state index in [1.165, 1.54) is 23.5 Å². The van der Waals surface area contributed by atoms with Crippen LogP contribution in [0.3, 0.4) is 0 Å². The third-order valence-electron chi connectivity index (χ3n) is 5.64. The molecule has 0 atom stereocenters. The van der Waals surface area contributed by atoms with Crippen LogP contribution in [0, 0.1) is 0 Å². The van der Waals surface area contributed by atoms with Gasteiger partial charge in [0, 0.05) is 12.2 Å². The van der Waals surface area contributed by atoms with Gasteiger partial charge in [0.05, 0.1) is 11.8 Å². The molecular weight excluding hydrogens is 348 g/mol. The molecule has 8 nitrogen and oxygen atoms in total. The number of amides is 2. The van der Waals surface area contributed by atoms with Crippen molar-refractivity contribution < 1.29 is 19.5 Å². The molecule has 0 saturated heterocycles. The van der Waals surface area contributed by atoms with Gasteiger partial charge in [0.15, 0.2) is 0 Å². The normalized spacial score (nSPS) is 20.0. The van der Waals surface area contributed by atoms with Crippen molar-refractivity contribution in [1.82, 2.24) is 20.4 Å². The Hall–Kier alpha value is -2.38. The van der Waals surface area contributed by atoms with E-state index in [4.69, 9.17) is 0 Å². The number of rotatable bonds is 6. The van der Waals surface area contributed by atoms with Crippen LogP contribution in [0.1, 0.15) is 74.6 Å². The maximum absolute atomic E-state index is 12.5. The Morgan fingerprint density at radius 3 is 2.44 bits per heavy atom. The average molecular weight is 376 g/mol. The molecule has 0 radical (unpaired) electrons. The molecule has 27 heavy (non-hydrogen) atoms. The number of aliphatic carboxylic acids is 1. The lowest BCUT2D eigenvalue weighted by Gasteiger charge is -2.33. The summed E-state index contributed by atoms with van der Waals surface area (Å²) < 4.78 is 1.42. The maximum atomic E-state index is 12.5. The Labute approximate surface area is 158 Å². The number of hydrogen-bond acceptors (Lipinski definition) is 4. The van der Waals surface area contributed by atoms with E-state index < -0.39 is 17.4 Å². The lowest BCUT2D eigenvalue weighted by Crippen LogP contribution is -2.55. The van der Waals surface area contributed by atoms with E-state index in [9.17, 15) is 19.5 Å². The standard InChI is InChI=1S/C19H28N4O4/c24-16(21-15-7-3-1-4-8-15)13-23-12-14(11-20-23)17(25)22-19(18(26)27)9-5-2-6-10-19/h11-12,15H,1-10,13H2,(H,21,24)(H,22,25)(H,26,27). The van der Waals surface area contributed by atoms with Gasteiger partial charge in [-0.25, -0.2) is 4.79 Å². The molecule has 0 aliphatic heterocycles. The van der Waals surface area contributed by atoms with Crippen molar-refractivity contribution >= 4 is 17.8 Å². The van der Waals surface area contributed by atoms with E-state index in [1.54, 1.807) is 0 Å². The highest BCUT2D eigenvalue weighted by Crippen LogP contribution is 2.28. The summed E-state index contributed by atoms with van der Waals surface area (Å²) in [7, 11) is 0. The molecule has 2 fully saturated rings. The van der Waals surface area contributed by atoms with Gasteiger partial charge in [-0.05, 0) is 25.7 Å². The summed E-state index contributed by atoms with van der Waals surface area (Å²) in [6.45, 7) is 0.0495. The number of carbonyl (C=O) groups is 3. The minimum atomic E-state index is -1.20. The minimum Gasteiger partial charge on any atom is -0.480 e. The lowest BCUT2D eigenvalue weighted by molar-refractivity contribution is -0.146. The van der Waals surface area contributed by atoms with E-state index in [0.29, 0.717) is 12.8 Å². The summed E-state index contributed by atoms with van der Waals surface area (Å²) in [6, 6.07) is 0.228. The first kappa shape index (κ1) is 19.4. The molecule has 148 valence electrons. The SMILES string of the molecule is O=C(Cn1cc(C(=O)NC2(C(=O)O)CCCCC2)cn1)NC1CCCCC1. The number of hydrogen-bond donors (Lipinski definition) is 3. The van der Waals surface area contributed by atoms with Gasteiger partial charge in [0.2, 0.25) is 5.91 Å². The number of nitrogens with zero attached hydrogens (tertiary/aromatic N) is 2. The van der Waals surface area contributed by atoms with Crippen LogP contribution in [-0.2, 0) is 16.1 Å². The summed E-state index contributed by atoms with van der Waals surface area (Å²) in [5.74, 6) is -1.57. The highest BCUT2D eigenvalue weighted by molar-refractivity contribution is 5.97. The molecule has 1 heterocycles. The topological polar surface area (TPSA) is 113 Å². The fraction of sp³-hybridized carbons (Fsp3) is 0.684.